The molecule has 1 N–H and O–H groups in total. The highest BCUT2D eigenvalue weighted by atomic mass is 35.5. The molecule has 0 aliphatic heterocycles. The van der Waals surface area contributed by atoms with Gasteiger partial charge in [-0.25, -0.2) is 4.98 Å². The van der Waals surface area contributed by atoms with E-state index < -0.39 is 0 Å². The van der Waals surface area contributed by atoms with Crippen molar-refractivity contribution in [1.82, 2.24) is 19.7 Å². The van der Waals surface area contributed by atoms with E-state index in [4.69, 9.17) is 11.6 Å². The maximum Gasteiger partial charge on any atom is 0.161 e. The molecule has 3 aromatic carbocycles. The van der Waals surface area contributed by atoms with Crippen molar-refractivity contribution in [2.45, 2.75) is 0 Å². The molecule has 0 saturated heterocycles. The van der Waals surface area contributed by atoms with Gasteiger partial charge in [0.05, 0.1) is 6.33 Å². The van der Waals surface area contributed by atoms with Gasteiger partial charge < -0.3 is 9.88 Å². The SMILES string of the molecule is Clc1ccc(Nc2nnc(-c3cccc(-n4ccnc4)c3)c3ccccc23)cc1. The van der Waals surface area contributed by atoms with E-state index in [2.05, 4.69) is 32.6 Å². The Morgan fingerprint density at radius 3 is 2.45 bits per heavy atom. The van der Waals surface area contributed by atoms with Gasteiger partial charge in [0.1, 0.15) is 5.69 Å². The summed E-state index contributed by atoms with van der Waals surface area (Å²) >= 11 is 5.99. The number of imidazole rings is 1. The molecular formula is C23H16ClN5. The van der Waals surface area contributed by atoms with Crippen LogP contribution in [-0.2, 0) is 0 Å². The number of hydrogen-bond acceptors (Lipinski definition) is 4. The molecule has 0 aliphatic carbocycles. The molecule has 2 heterocycles. The second-order valence-corrected chi connectivity index (χ2v) is 7.03. The van der Waals surface area contributed by atoms with Crippen molar-refractivity contribution in [3.05, 3.63) is 96.5 Å². The highest BCUT2D eigenvalue weighted by Gasteiger charge is 2.12. The molecule has 0 fully saturated rings. The Labute approximate surface area is 172 Å². The predicted octanol–water partition coefficient (Wildman–Crippen LogP) is 5.88. The zero-order valence-corrected chi connectivity index (χ0v) is 16.1. The van der Waals surface area contributed by atoms with E-state index in [-0.39, 0.29) is 0 Å². The number of anilines is 2. The summed E-state index contributed by atoms with van der Waals surface area (Å²) in [6.45, 7) is 0. The first kappa shape index (κ1) is 17.4. The minimum Gasteiger partial charge on any atom is -0.338 e. The molecule has 0 spiro atoms. The van der Waals surface area contributed by atoms with E-state index in [1.54, 1.807) is 12.5 Å². The summed E-state index contributed by atoms with van der Waals surface area (Å²) in [7, 11) is 0. The first-order valence-electron chi connectivity index (χ1n) is 9.15. The summed E-state index contributed by atoms with van der Waals surface area (Å²) in [5.74, 6) is 0.706. The van der Waals surface area contributed by atoms with Crippen LogP contribution in [0, 0.1) is 0 Å². The van der Waals surface area contributed by atoms with E-state index in [1.165, 1.54) is 0 Å². The van der Waals surface area contributed by atoms with E-state index in [9.17, 15) is 0 Å². The normalized spacial score (nSPS) is 10.9. The van der Waals surface area contributed by atoms with Gasteiger partial charge in [0.15, 0.2) is 5.82 Å². The quantitative estimate of drug-likeness (QED) is 0.411. The number of aromatic nitrogens is 4. The van der Waals surface area contributed by atoms with Crippen LogP contribution < -0.4 is 5.32 Å². The summed E-state index contributed by atoms with van der Waals surface area (Å²) in [5, 5.41) is 15.1. The van der Waals surface area contributed by atoms with E-state index in [0.717, 1.165) is 33.4 Å². The summed E-state index contributed by atoms with van der Waals surface area (Å²) in [6.07, 6.45) is 5.46. The highest BCUT2D eigenvalue weighted by Crippen LogP contribution is 2.32. The molecule has 6 heteroatoms. The standard InChI is InChI=1S/C23H16ClN5/c24-17-8-10-18(11-9-17)26-23-21-7-2-1-6-20(21)22(27-28-23)16-4-3-5-19(14-16)29-13-12-25-15-29/h1-15H,(H,26,28). The fraction of sp³-hybridized carbons (Fsp3) is 0. The lowest BCUT2D eigenvalue weighted by Crippen LogP contribution is -1.99. The minimum atomic E-state index is 0.694. The number of nitrogens with zero attached hydrogens (tertiary/aromatic N) is 4. The lowest BCUT2D eigenvalue weighted by Gasteiger charge is -2.12. The molecule has 29 heavy (non-hydrogen) atoms. The number of benzene rings is 3. The zero-order valence-electron chi connectivity index (χ0n) is 15.3. The Hall–Kier alpha value is -3.70. The summed E-state index contributed by atoms with van der Waals surface area (Å²) in [5.41, 5.74) is 3.76. The lowest BCUT2D eigenvalue weighted by molar-refractivity contribution is 1.05. The number of halogens is 1. The summed E-state index contributed by atoms with van der Waals surface area (Å²) in [6, 6.07) is 23.8. The topological polar surface area (TPSA) is 55.6 Å². The molecule has 0 saturated carbocycles. The molecule has 2 aromatic heterocycles. The number of hydrogen-bond donors (Lipinski definition) is 1. The van der Waals surface area contributed by atoms with Gasteiger partial charge in [-0.2, -0.15) is 0 Å². The molecule has 0 unspecified atom stereocenters. The third-order valence-corrected chi connectivity index (χ3v) is 4.97. The lowest BCUT2D eigenvalue weighted by atomic mass is 10.0. The average molecular weight is 398 g/mol. The molecule has 0 bridgehead atoms. The van der Waals surface area contributed by atoms with Crippen LogP contribution in [-0.4, -0.2) is 19.7 Å². The zero-order chi connectivity index (χ0) is 19.6. The second kappa shape index (κ2) is 7.37. The van der Waals surface area contributed by atoms with Crippen LogP contribution in [0.25, 0.3) is 27.7 Å². The molecule has 0 radical (unpaired) electrons. The largest absolute Gasteiger partial charge is 0.338 e. The number of nitrogens with one attached hydrogen (secondary N) is 1. The molecular weight excluding hydrogens is 382 g/mol. The second-order valence-electron chi connectivity index (χ2n) is 6.59. The fourth-order valence-electron chi connectivity index (χ4n) is 3.31. The van der Waals surface area contributed by atoms with Crippen LogP contribution in [0.2, 0.25) is 5.02 Å². The molecule has 0 amide bonds. The van der Waals surface area contributed by atoms with Crippen molar-refractivity contribution in [2.24, 2.45) is 0 Å². The molecule has 5 aromatic rings. The monoisotopic (exact) mass is 397 g/mol. The molecule has 140 valence electrons. The van der Waals surface area contributed by atoms with Crippen LogP contribution in [0.5, 0.6) is 0 Å². The van der Waals surface area contributed by atoms with Gasteiger partial charge >= 0.3 is 0 Å². The van der Waals surface area contributed by atoms with Crippen molar-refractivity contribution in [3.8, 4) is 16.9 Å². The maximum atomic E-state index is 5.99. The van der Waals surface area contributed by atoms with Gasteiger partial charge in [-0.3, -0.25) is 0 Å². The van der Waals surface area contributed by atoms with Gasteiger partial charge in [-0.1, -0.05) is 48.0 Å². The highest BCUT2D eigenvalue weighted by molar-refractivity contribution is 6.30. The Morgan fingerprint density at radius 2 is 1.66 bits per heavy atom. The van der Waals surface area contributed by atoms with Gasteiger partial charge in [0.25, 0.3) is 0 Å². The van der Waals surface area contributed by atoms with Crippen LogP contribution in [0.1, 0.15) is 0 Å². The average Bonchev–Trinajstić information content (AvgIpc) is 3.31. The number of rotatable bonds is 4. The van der Waals surface area contributed by atoms with Crippen LogP contribution in [0.15, 0.2) is 91.5 Å². The first-order valence-corrected chi connectivity index (χ1v) is 9.52. The Kier molecular flexibility index (Phi) is 4.42. The van der Waals surface area contributed by atoms with Gasteiger partial charge in [0.2, 0.25) is 0 Å². The fourth-order valence-corrected chi connectivity index (χ4v) is 3.43. The first-order chi connectivity index (χ1) is 14.3. The van der Waals surface area contributed by atoms with Crippen LogP contribution >= 0.6 is 11.6 Å². The predicted molar refractivity (Wildman–Crippen MR) is 117 cm³/mol. The van der Waals surface area contributed by atoms with Crippen molar-refractivity contribution < 1.29 is 0 Å². The van der Waals surface area contributed by atoms with E-state index in [0.29, 0.717) is 10.8 Å². The Morgan fingerprint density at radius 1 is 0.828 bits per heavy atom. The Bertz CT molecular complexity index is 1280. The van der Waals surface area contributed by atoms with E-state index >= 15 is 0 Å². The van der Waals surface area contributed by atoms with Crippen molar-refractivity contribution >= 4 is 33.9 Å². The van der Waals surface area contributed by atoms with Gasteiger partial charge in [0, 0.05) is 45.1 Å². The molecule has 5 nitrogen and oxygen atoms in total. The molecule has 5 rings (SSSR count). The third kappa shape index (κ3) is 3.44. The van der Waals surface area contributed by atoms with Crippen molar-refractivity contribution in [3.63, 3.8) is 0 Å². The van der Waals surface area contributed by atoms with Crippen molar-refractivity contribution in [1.29, 1.82) is 0 Å². The molecule has 0 aliphatic rings. The van der Waals surface area contributed by atoms with Crippen LogP contribution in [0.3, 0.4) is 0 Å². The minimum absolute atomic E-state index is 0.694. The number of fused-ring (bicyclic) bond motifs is 1. The van der Waals surface area contributed by atoms with Crippen molar-refractivity contribution in [2.75, 3.05) is 5.32 Å². The third-order valence-electron chi connectivity index (χ3n) is 4.72. The van der Waals surface area contributed by atoms with Gasteiger partial charge in [-0.05, 0) is 36.4 Å². The van der Waals surface area contributed by atoms with E-state index in [1.807, 2.05) is 71.4 Å². The maximum absolute atomic E-state index is 5.99. The summed E-state index contributed by atoms with van der Waals surface area (Å²) in [4.78, 5) is 4.13. The van der Waals surface area contributed by atoms with Crippen LogP contribution in [0.4, 0.5) is 11.5 Å². The molecule has 0 atom stereocenters. The smallest absolute Gasteiger partial charge is 0.161 e. The summed E-state index contributed by atoms with van der Waals surface area (Å²) < 4.78 is 1.97. The Balaban J connectivity index is 1.60. The van der Waals surface area contributed by atoms with Gasteiger partial charge in [-0.15, -0.1) is 10.2 Å².